The second kappa shape index (κ2) is 9.35. The van der Waals surface area contributed by atoms with E-state index in [0.29, 0.717) is 18.4 Å². The van der Waals surface area contributed by atoms with Crippen LogP contribution in [0.15, 0.2) is 42.9 Å². The normalized spacial score (nSPS) is 15.0. The van der Waals surface area contributed by atoms with E-state index in [1.165, 1.54) is 5.56 Å². The molecule has 27 heavy (non-hydrogen) atoms. The molecule has 1 N–H and O–H groups in total. The van der Waals surface area contributed by atoms with Gasteiger partial charge in [0.15, 0.2) is 6.61 Å². The summed E-state index contributed by atoms with van der Waals surface area (Å²) in [6, 6.07) is 7.93. The van der Waals surface area contributed by atoms with Gasteiger partial charge in [0, 0.05) is 32.0 Å². The Balaban J connectivity index is 1.35. The van der Waals surface area contributed by atoms with Crippen LogP contribution in [0.4, 0.5) is 5.82 Å². The molecule has 0 aliphatic carbocycles. The number of ether oxygens (including phenoxy) is 1. The minimum atomic E-state index is -0.0701. The predicted octanol–water partition coefficient (Wildman–Crippen LogP) is 3.01. The van der Waals surface area contributed by atoms with Gasteiger partial charge in [0.1, 0.15) is 11.6 Å². The molecule has 1 saturated heterocycles. The van der Waals surface area contributed by atoms with Gasteiger partial charge in [-0.3, -0.25) is 9.78 Å². The second-order valence-corrected chi connectivity index (χ2v) is 7.31. The fourth-order valence-corrected chi connectivity index (χ4v) is 3.23. The quantitative estimate of drug-likeness (QED) is 0.814. The summed E-state index contributed by atoms with van der Waals surface area (Å²) >= 11 is 0. The Morgan fingerprint density at radius 1 is 1.22 bits per heavy atom. The number of carbonyl (C=O) groups excluding carboxylic acids is 1. The lowest BCUT2D eigenvalue weighted by Crippen LogP contribution is -2.40. The number of carbonyl (C=O) groups is 1. The zero-order valence-electron chi connectivity index (χ0n) is 16.1. The average Bonchev–Trinajstić information content (AvgIpc) is 2.72. The molecular formula is C21H28N4O2. The van der Waals surface area contributed by atoms with Crippen LogP contribution in [-0.4, -0.2) is 42.1 Å². The first-order chi connectivity index (χ1) is 13.1. The molecule has 6 heteroatoms. The van der Waals surface area contributed by atoms with Gasteiger partial charge in [-0.25, -0.2) is 4.98 Å². The zero-order valence-corrected chi connectivity index (χ0v) is 16.1. The second-order valence-electron chi connectivity index (χ2n) is 7.31. The lowest BCUT2D eigenvalue weighted by atomic mass is 9.97. The number of aromatic nitrogens is 2. The van der Waals surface area contributed by atoms with Crippen molar-refractivity contribution in [3.05, 3.63) is 48.4 Å². The van der Waals surface area contributed by atoms with Crippen molar-refractivity contribution in [3.8, 4) is 5.75 Å². The van der Waals surface area contributed by atoms with Crippen LogP contribution in [0.2, 0.25) is 0 Å². The molecular weight excluding hydrogens is 340 g/mol. The lowest BCUT2D eigenvalue weighted by Gasteiger charge is -2.32. The summed E-state index contributed by atoms with van der Waals surface area (Å²) in [5.41, 5.74) is 1.26. The van der Waals surface area contributed by atoms with Gasteiger partial charge in [0.05, 0.1) is 6.20 Å². The van der Waals surface area contributed by atoms with Crippen molar-refractivity contribution in [1.82, 2.24) is 15.3 Å². The fraction of sp³-hybridized carbons (Fsp3) is 0.476. The third-order valence-electron chi connectivity index (χ3n) is 4.99. The van der Waals surface area contributed by atoms with E-state index in [4.69, 9.17) is 4.74 Å². The number of piperidine rings is 1. The maximum Gasteiger partial charge on any atom is 0.257 e. The summed E-state index contributed by atoms with van der Waals surface area (Å²) in [5, 5.41) is 3.00. The van der Waals surface area contributed by atoms with Crippen molar-refractivity contribution in [2.45, 2.75) is 32.6 Å². The van der Waals surface area contributed by atoms with Gasteiger partial charge < -0.3 is 15.0 Å². The molecule has 0 unspecified atom stereocenters. The van der Waals surface area contributed by atoms with Crippen LogP contribution < -0.4 is 15.0 Å². The lowest BCUT2D eigenvalue weighted by molar-refractivity contribution is -0.123. The molecule has 1 amide bonds. The monoisotopic (exact) mass is 368 g/mol. The number of rotatable bonds is 7. The highest BCUT2D eigenvalue weighted by molar-refractivity contribution is 5.77. The third-order valence-corrected chi connectivity index (χ3v) is 4.99. The van der Waals surface area contributed by atoms with Crippen LogP contribution in [0.25, 0.3) is 0 Å². The Morgan fingerprint density at radius 2 is 1.96 bits per heavy atom. The Kier molecular flexibility index (Phi) is 6.63. The molecule has 1 aromatic carbocycles. The number of anilines is 1. The van der Waals surface area contributed by atoms with Crippen LogP contribution >= 0.6 is 0 Å². The summed E-state index contributed by atoms with van der Waals surface area (Å²) in [7, 11) is 0. The molecule has 2 heterocycles. The molecule has 0 spiro atoms. The van der Waals surface area contributed by atoms with E-state index in [9.17, 15) is 4.79 Å². The van der Waals surface area contributed by atoms with Gasteiger partial charge in [-0.15, -0.1) is 0 Å². The topological polar surface area (TPSA) is 67.3 Å². The number of benzene rings is 1. The summed E-state index contributed by atoms with van der Waals surface area (Å²) < 4.78 is 5.58. The SMILES string of the molecule is CC(C)c1ccc(OCC(=O)NCC2CCN(c3cnccn3)CC2)cc1. The predicted molar refractivity (Wildman–Crippen MR) is 106 cm³/mol. The Labute approximate surface area is 161 Å². The molecule has 0 atom stereocenters. The highest BCUT2D eigenvalue weighted by Crippen LogP contribution is 2.21. The van der Waals surface area contributed by atoms with Crippen LogP contribution in [-0.2, 0) is 4.79 Å². The number of nitrogens with zero attached hydrogens (tertiary/aromatic N) is 3. The van der Waals surface area contributed by atoms with Crippen molar-refractivity contribution in [1.29, 1.82) is 0 Å². The number of amides is 1. The Morgan fingerprint density at radius 3 is 2.59 bits per heavy atom. The molecule has 6 nitrogen and oxygen atoms in total. The van der Waals surface area contributed by atoms with E-state index in [1.807, 2.05) is 24.3 Å². The smallest absolute Gasteiger partial charge is 0.257 e. The van der Waals surface area contributed by atoms with E-state index < -0.39 is 0 Å². The summed E-state index contributed by atoms with van der Waals surface area (Å²) in [6.07, 6.45) is 7.28. The molecule has 1 aliphatic rings. The first-order valence-electron chi connectivity index (χ1n) is 9.62. The molecule has 144 valence electrons. The van der Waals surface area contributed by atoms with Crippen LogP contribution in [0.5, 0.6) is 5.75 Å². The van der Waals surface area contributed by atoms with Gasteiger partial charge in [0.25, 0.3) is 5.91 Å². The van der Waals surface area contributed by atoms with Gasteiger partial charge in [-0.1, -0.05) is 26.0 Å². The number of hydrogen-bond acceptors (Lipinski definition) is 5. The maximum atomic E-state index is 12.1. The van der Waals surface area contributed by atoms with E-state index in [0.717, 1.165) is 37.5 Å². The standard InChI is InChI=1S/C21H28N4O2/c1-16(2)18-3-5-19(6-4-18)27-15-21(26)24-13-17-7-11-25(12-8-17)20-14-22-9-10-23-20/h3-6,9-10,14,16-17H,7-8,11-13,15H2,1-2H3,(H,24,26). The van der Waals surface area contributed by atoms with Gasteiger partial charge in [0.2, 0.25) is 0 Å². The van der Waals surface area contributed by atoms with E-state index in [1.54, 1.807) is 18.6 Å². The van der Waals surface area contributed by atoms with Crippen LogP contribution in [0, 0.1) is 5.92 Å². The highest BCUT2D eigenvalue weighted by atomic mass is 16.5. The van der Waals surface area contributed by atoms with Crippen molar-refractivity contribution < 1.29 is 9.53 Å². The Hall–Kier alpha value is -2.63. The molecule has 1 aliphatic heterocycles. The number of nitrogens with one attached hydrogen (secondary N) is 1. The van der Waals surface area contributed by atoms with Crippen molar-refractivity contribution in [2.75, 3.05) is 31.1 Å². The number of hydrogen-bond donors (Lipinski definition) is 1. The minimum absolute atomic E-state index is 0.0550. The Bertz CT molecular complexity index is 711. The van der Waals surface area contributed by atoms with Gasteiger partial charge in [-0.05, 0) is 42.4 Å². The molecule has 1 aromatic heterocycles. The van der Waals surface area contributed by atoms with E-state index >= 15 is 0 Å². The molecule has 3 rings (SSSR count). The summed E-state index contributed by atoms with van der Waals surface area (Å²) in [6.45, 7) is 6.94. The van der Waals surface area contributed by atoms with Crippen molar-refractivity contribution in [2.24, 2.45) is 5.92 Å². The third kappa shape index (κ3) is 5.67. The fourth-order valence-electron chi connectivity index (χ4n) is 3.23. The van der Waals surface area contributed by atoms with Gasteiger partial charge >= 0.3 is 0 Å². The summed E-state index contributed by atoms with van der Waals surface area (Å²) in [5.74, 6) is 2.57. The van der Waals surface area contributed by atoms with Crippen molar-refractivity contribution >= 4 is 11.7 Å². The molecule has 0 radical (unpaired) electrons. The molecule has 0 saturated carbocycles. The zero-order chi connectivity index (χ0) is 19.1. The molecule has 0 bridgehead atoms. The largest absolute Gasteiger partial charge is 0.484 e. The molecule has 2 aromatic rings. The van der Waals surface area contributed by atoms with Crippen molar-refractivity contribution in [3.63, 3.8) is 0 Å². The van der Waals surface area contributed by atoms with E-state index in [2.05, 4.69) is 34.0 Å². The minimum Gasteiger partial charge on any atom is -0.484 e. The first kappa shape index (κ1) is 19.1. The highest BCUT2D eigenvalue weighted by Gasteiger charge is 2.20. The van der Waals surface area contributed by atoms with Crippen LogP contribution in [0.3, 0.4) is 0 Å². The van der Waals surface area contributed by atoms with E-state index in [-0.39, 0.29) is 12.5 Å². The maximum absolute atomic E-state index is 12.1. The first-order valence-corrected chi connectivity index (χ1v) is 9.62. The average molecular weight is 368 g/mol. The summed E-state index contributed by atoms with van der Waals surface area (Å²) in [4.78, 5) is 22.8. The molecule has 1 fully saturated rings. The van der Waals surface area contributed by atoms with Gasteiger partial charge in [-0.2, -0.15) is 0 Å². The van der Waals surface area contributed by atoms with Crippen LogP contribution in [0.1, 0.15) is 38.2 Å².